The number of carboxylic acid groups (broad SMARTS) is 1. The Hall–Kier alpha value is -6.21. The SMILES string of the molecule is CC(C)[C@H](NC(=O)[C@H](CO)NC(=O)[C@H](CC(N)=O)NC(=O)[C@H](C)NC(=O)[C@@H]1[C@@H](O)CCN1C(=O)[C@@H](N)CO)C(=O)N[C@@H](Cc1c[nH]c2ccccc12)C(=O)N[C@@H](CO)C(=O)O. The van der Waals surface area contributed by atoms with Crippen molar-refractivity contribution >= 4 is 64.1 Å². The zero-order valence-electron chi connectivity index (χ0n) is 33.6. The van der Waals surface area contributed by atoms with Crippen molar-refractivity contribution in [3.63, 3.8) is 0 Å². The summed E-state index contributed by atoms with van der Waals surface area (Å²) in [6.45, 7) is 1.43. The van der Waals surface area contributed by atoms with Crippen LogP contribution in [0.2, 0.25) is 0 Å². The summed E-state index contributed by atoms with van der Waals surface area (Å²) in [6.07, 6.45) is -0.736. The van der Waals surface area contributed by atoms with Gasteiger partial charge in [0.15, 0.2) is 0 Å². The van der Waals surface area contributed by atoms with E-state index in [0.717, 1.165) is 4.90 Å². The van der Waals surface area contributed by atoms with Crippen LogP contribution in [0.1, 0.15) is 39.2 Å². The minimum absolute atomic E-state index is 0.00448. The molecular weight excluding hydrogens is 808 g/mol. The predicted octanol–water partition coefficient (Wildman–Crippen LogP) is -6.48. The highest BCUT2D eigenvalue weighted by Gasteiger charge is 2.43. The molecule has 24 nitrogen and oxygen atoms in total. The Balaban J connectivity index is 1.73. The third kappa shape index (κ3) is 13.1. The number of rotatable bonds is 22. The number of benzene rings is 1. The number of aromatic amines is 1. The molecule has 61 heavy (non-hydrogen) atoms. The van der Waals surface area contributed by atoms with E-state index in [4.69, 9.17) is 11.5 Å². The van der Waals surface area contributed by atoms with Crippen molar-refractivity contribution in [1.29, 1.82) is 0 Å². The lowest BCUT2D eigenvalue weighted by atomic mass is 10.00. The monoisotopic (exact) mass is 862 g/mol. The lowest BCUT2D eigenvalue weighted by Crippen LogP contribution is -2.61. The summed E-state index contributed by atoms with van der Waals surface area (Å²) in [4.78, 5) is 120. The van der Waals surface area contributed by atoms with E-state index in [1.54, 1.807) is 30.5 Å². The molecule has 336 valence electrons. The number of nitrogens with two attached hydrogens (primary N) is 2. The second-order valence-electron chi connectivity index (χ2n) is 14.8. The fourth-order valence-electron chi connectivity index (χ4n) is 6.41. The molecule has 1 saturated heterocycles. The summed E-state index contributed by atoms with van der Waals surface area (Å²) < 4.78 is 0. The molecule has 16 N–H and O–H groups in total. The van der Waals surface area contributed by atoms with E-state index >= 15 is 0 Å². The molecule has 1 aromatic carbocycles. The van der Waals surface area contributed by atoms with Crippen molar-refractivity contribution in [1.82, 2.24) is 41.8 Å². The largest absolute Gasteiger partial charge is 0.480 e. The molecule has 3 rings (SSSR count). The number of aliphatic hydroxyl groups is 4. The highest BCUT2D eigenvalue weighted by Crippen LogP contribution is 2.21. The maximum atomic E-state index is 13.7. The van der Waals surface area contributed by atoms with Gasteiger partial charge in [0.1, 0.15) is 48.3 Å². The zero-order chi connectivity index (χ0) is 45.7. The van der Waals surface area contributed by atoms with E-state index in [0.29, 0.717) is 16.5 Å². The first-order valence-electron chi connectivity index (χ1n) is 19.2. The number of likely N-dealkylation sites (tertiary alicyclic amines) is 1. The van der Waals surface area contributed by atoms with Crippen LogP contribution in [0.3, 0.4) is 0 Å². The van der Waals surface area contributed by atoms with Gasteiger partial charge in [0, 0.05) is 30.1 Å². The zero-order valence-corrected chi connectivity index (χ0v) is 33.6. The van der Waals surface area contributed by atoms with E-state index in [9.17, 15) is 68.7 Å². The van der Waals surface area contributed by atoms with Crippen molar-refractivity contribution in [2.45, 2.75) is 94.5 Å². The Morgan fingerprint density at radius 1 is 0.770 bits per heavy atom. The van der Waals surface area contributed by atoms with Crippen LogP contribution in [0.15, 0.2) is 30.5 Å². The molecule has 0 aliphatic carbocycles. The number of hydrogen-bond donors (Lipinski definition) is 14. The minimum atomic E-state index is -1.80. The molecule has 9 atom stereocenters. The van der Waals surface area contributed by atoms with Gasteiger partial charge in [0.05, 0.1) is 32.3 Å². The summed E-state index contributed by atoms with van der Waals surface area (Å²) in [5.41, 5.74) is 12.2. The molecule has 0 bridgehead atoms. The number of para-hydroxylation sites is 1. The maximum Gasteiger partial charge on any atom is 0.328 e. The molecular formula is C37H54N10O14. The fourth-order valence-corrected chi connectivity index (χ4v) is 6.41. The number of fused-ring (bicyclic) bond motifs is 1. The van der Waals surface area contributed by atoms with Gasteiger partial charge >= 0.3 is 5.97 Å². The number of nitrogens with one attached hydrogen (secondary N) is 7. The van der Waals surface area contributed by atoms with E-state index in [1.807, 2.05) is 0 Å². The van der Waals surface area contributed by atoms with Gasteiger partial charge in [0.2, 0.25) is 47.3 Å². The molecule has 0 radical (unpaired) electrons. The number of carboxylic acids is 1. The smallest absolute Gasteiger partial charge is 0.328 e. The molecule has 1 fully saturated rings. The van der Waals surface area contributed by atoms with Crippen LogP contribution in [-0.2, 0) is 49.6 Å². The van der Waals surface area contributed by atoms with Gasteiger partial charge in [-0.2, -0.15) is 0 Å². The Kier molecular flexibility index (Phi) is 18.1. The van der Waals surface area contributed by atoms with E-state index in [2.05, 4.69) is 36.9 Å². The normalized spacial score (nSPS) is 18.4. The number of aliphatic carboxylic acids is 1. The van der Waals surface area contributed by atoms with Crippen molar-refractivity contribution in [2.24, 2.45) is 17.4 Å². The molecule has 0 saturated carbocycles. The van der Waals surface area contributed by atoms with Crippen molar-refractivity contribution < 1.29 is 68.7 Å². The Labute approximate surface area is 348 Å². The Morgan fingerprint density at radius 2 is 1.34 bits per heavy atom. The van der Waals surface area contributed by atoms with Gasteiger partial charge in [-0.1, -0.05) is 32.0 Å². The van der Waals surface area contributed by atoms with Crippen molar-refractivity contribution in [3.05, 3.63) is 36.0 Å². The summed E-state index contributed by atoms with van der Waals surface area (Å²) in [6, 6.07) is -5.40. The molecule has 0 spiro atoms. The minimum Gasteiger partial charge on any atom is -0.480 e. The molecule has 8 amide bonds. The molecule has 1 aliphatic rings. The average molecular weight is 863 g/mol. The fraction of sp³-hybridized carbons (Fsp3) is 0.541. The van der Waals surface area contributed by atoms with Gasteiger partial charge in [0.25, 0.3) is 0 Å². The van der Waals surface area contributed by atoms with E-state index in [-0.39, 0.29) is 19.4 Å². The first-order valence-corrected chi connectivity index (χ1v) is 19.2. The number of aromatic nitrogens is 1. The maximum absolute atomic E-state index is 13.7. The topological polar surface area (TPSA) is 398 Å². The number of hydrogen-bond acceptors (Lipinski definition) is 14. The number of H-pyrrole nitrogens is 1. The average Bonchev–Trinajstić information content (AvgIpc) is 3.81. The number of amides is 8. The number of primary amides is 1. The number of nitrogens with zero attached hydrogens (tertiary/aromatic N) is 1. The molecule has 1 aromatic heterocycles. The second kappa shape index (κ2) is 22.4. The third-order valence-corrected chi connectivity index (χ3v) is 9.81. The van der Waals surface area contributed by atoms with Crippen molar-refractivity contribution in [3.8, 4) is 0 Å². The molecule has 2 aromatic rings. The molecule has 2 heterocycles. The van der Waals surface area contributed by atoms with Crippen LogP contribution in [0.25, 0.3) is 10.9 Å². The lowest BCUT2D eigenvalue weighted by molar-refractivity contribution is -0.143. The summed E-state index contributed by atoms with van der Waals surface area (Å²) in [7, 11) is 0. The standard InChI is InChI=1S/C37H54N10O14/c1-16(2)28(34(57)43-22(31(54)45-25(15-50)37(60)61)10-18-12-40-21-7-5-4-6-19(18)21)46-33(56)24(14-49)44-32(55)23(11-27(39)52)42-30(53)17(3)41-35(58)29-26(51)8-9-47(29)36(59)20(38)13-48/h4-7,12,16-17,20,22-26,28-29,40,48-51H,8-11,13-15,38H2,1-3H3,(H2,39,52)(H,41,58)(H,42,53)(H,43,57)(H,44,55)(H,45,54)(H,46,56)(H,60,61)/t17-,20-,22-,23-,24-,25-,26-,28-,29-/m0/s1. The summed E-state index contributed by atoms with van der Waals surface area (Å²) in [5, 5.41) is 63.1. The van der Waals surface area contributed by atoms with Crippen LogP contribution in [0.4, 0.5) is 0 Å². The summed E-state index contributed by atoms with van der Waals surface area (Å²) >= 11 is 0. The van der Waals surface area contributed by atoms with E-state index in [1.165, 1.54) is 20.8 Å². The van der Waals surface area contributed by atoms with E-state index < -0.39 is 140 Å². The molecule has 24 heteroatoms. The second-order valence-corrected chi connectivity index (χ2v) is 14.8. The highest BCUT2D eigenvalue weighted by atomic mass is 16.4. The Morgan fingerprint density at radius 3 is 1.93 bits per heavy atom. The first-order chi connectivity index (χ1) is 28.7. The summed E-state index contributed by atoms with van der Waals surface area (Å²) in [5.74, 6) is -10.4. The van der Waals surface area contributed by atoms with Crippen molar-refractivity contribution in [2.75, 3.05) is 26.4 Å². The van der Waals surface area contributed by atoms with Gasteiger partial charge in [-0.15, -0.1) is 0 Å². The lowest BCUT2D eigenvalue weighted by Gasteiger charge is -2.29. The van der Waals surface area contributed by atoms with Gasteiger partial charge < -0.3 is 78.8 Å². The van der Waals surface area contributed by atoms with Crippen LogP contribution in [-0.4, -0.2) is 169 Å². The number of carbonyl (C=O) groups excluding carboxylic acids is 8. The van der Waals surface area contributed by atoms with Crippen LogP contribution in [0, 0.1) is 5.92 Å². The van der Waals surface area contributed by atoms with Gasteiger partial charge in [-0.05, 0) is 30.9 Å². The number of carbonyl (C=O) groups is 9. The third-order valence-electron chi connectivity index (χ3n) is 9.81. The predicted molar refractivity (Wildman–Crippen MR) is 211 cm³/mol. The molecule has 1 aliphatic heterocycles. The quantitative estimate of drug-likeness (QED) is 0.0524. The van der Waals surface area contributed by atoms with Crippen LogP contribution < -0.4 is 43.4 Å². The number of aliphatic hydroxyl groups excluding tert-OH is 4. The molecule has 0 unspecified atom stereocenters. The highest BCUT2D eigenvalue weighted by molar-refractivity contribution is 5.99. The van der Waals surface area contributed by atoms with Crippen LogP contribution in [0.5, 0.6) is 0 Å². The van der Waals surface area contributed by atoms with Gasteiger partial charge in [-0.3, -0.25) is 38.4 Å². The Bertz CT molecular complexity index is 1940. The van der Waals surface area contributed by atoms with Gasteiger partial charge in [-0.25, -0.2) is 4.79 Å². The van der Waals surface area contributed by atoms with Crippen LogP contribution >= 0.6 is 0 Å². The first kappa shape index (κ1) is 49.2.